The van der Waals surface area contributed by atoms with Gasteiger partial charge in [-0.1, -0.05) is 0 Å². The van der Waals surface area contributed by atoms with Gasteiger partial charge in [-0.2, -0.15) is 0 Å². The molecule has 0 radical (unpaired) electrons. The molecule has 0 fully saturated rings. The smallest absolute Gasteiger partial charge is 0.125 e. The number of nitrogens with zero attached hydrogens (tertiary/aromatic N) is 1. The van der Waals surface area contributed by atoms with E-state index in [1.54, 1.807) is 11.3 Å². The Balaban J connectivity index is 2.29. The molecule has 0 spiro atoms. The molecule has 5 heteroatoms. The Hall–Kier alpha value is -0.910. The molecule has 0 atom stereocenters. The summed E-state index contributed by atoms with van der Waals surface area (Å²) in [6, 6.07) is 7.99. The van der Waals surface area contributed by atoms with Crippen molar-refractivity contribution < 1.29 is 4.74 Å². The van der Waals surface area contributed by atoms with E-state index in [4.69, 9.17) is 10.5 Å². The predicted molar refractivity (Wildman–Crippen MR) is 74.3 cm³/mol. The van der Waals surface area contributed by atoms with Gasteiger partial charge in [0.05, 0.1) is 11.5 Å². The Morgan fingerprint density at radius 1 is 1.35 bits per heavy atom. The Bertz CT molecular complexity index is 496. The summed E-state index contributed by atoms with van der Waals surface area (Å²) >= 11 is 5.06. The first-order chi connectivity index (χ1) is 8.24. The third kappa shape index (κ3) is 2.86. The monoisotopic (exact) mass is 312 g/mol. The van der Waals surface area contributed by atoms with Crippen LogP contribution in [0.1, 0.15) is 11.9 Å². The minimum atomic E-state index is 0.473. The number of ether oxygens (including phenoxy) is 1. The standard InChI is InChI=1S/C12H13BrN2OS/c1-2-16-9-5-3-8(4-6-9)11-12(13)15-10(7-14)17-11/h3-6H,2,7,14H2,1H3. The number of aromatic nitrogens is 1. The SMILES string of the molecule is CCOc1ccc(-c2sc(CN)nc2Br)cc1. The van der Waals surface area contributed by atoms with Gasteiger partial charge in [0, 0.05) is 6.54 Å². The van der Waals surface area contributed by atoms with E-state index in [0.717, 1.165) is 25.8 Å². The van der Waals surface area contributed by atoms with Crippen molar-refractivity contribution >= 4 is 27.3 Å². The first-order valence-corrected chi connectivity index (χ1v) is 6.94. The van der Waals surface area contributed by atoms with Crippen molar-refractivity contribution in [3.63, 3.8) is 0 Å². The zero-order valence-corrected chi connectivity index (χ0v) is 11.8. The van der Waals surface area contributed by atoms with E-state index in [0.29, 0.717) is 13.2 Å². The summed E-state index contributed by atoms with van der Waals surface area (Å²) < 4.78 is 6.26. The Morgan fingerprint density at radius 2 is 2.06 bits per heavy atom. The zero-order chi connectivity index (χ0) is 12.3. The minimum Gasteiger partial charge on any atom is -0.494 e. The molecule has 0 aliphatic carbocycles. The van der Waals surface area contributed by atoms with Gasteiger partial charge >= 0.3 is 0 Å². The highest BCUT2D eigenvalue weighted by Crippen LogP contribution is 2.34. The lowest BCUT2D eigenvalue weighted by Gasteiger charge is -2.03. The van der Waals surface area contributed by atoms with Gasteiger partial charge in [0.1, 0.15) is 15.4 Å². The van der Waals surface area contributed by atoms with Gasteiger partial charge in [-0.15, -0.1) is 11.3 Å². The van der Waals surface area contributed by atoms with Crippen molar-refractivity contribution in [1.29, 1.82) is 0 Å². The summed E-state index contributed by atoms with van der Waals surface area (Å²) in [6.45, 7) is 3.13. The molecule has 2 rings (SSSR count). The van der Waals surface area contributed by atoms with Crippen LogP contribution in [-0.4, -0.2) is 11.6 Å². The lowest BCUT2D eigenvalue weighted by molar-refractivity contribution is 0.340. The second-order valence-corrected chi connectivity index (χ2v) is 5.22. The maximum absolute atomic E-state index is 5.58. The molecule has 2 aromatic rings. The largest absolute Gasteiger partial charge is 0.494 e. The van der Waals surface area contributed by atoms with E-state index in [9.17, 15) is 0 Å². The van der Waals surface area contributed by atoms with Gasteiger partial charge in [0.25, 0.3) is 0 Å². The molecule has 0 bridgehead atoms. The Kier molecular flexibility index (Phi) is 4.15. The maximum atomic E-state index is 5.58. The summed E-state index contributed by atoms with van der Waals surface area (Å²) in [5, 5.41) is 0.931. The molecule has 0 saturated heterocycles. The molecular weight excluding hydrogens is 300 g/mol. The lowest BCUT2D eigenvalue weighted by atomic mass is 10.2. The number of hydrogen-bond donors (Lipinski definition) is 1. The molecule has 0 unspecified atom stereocenters. The summed E-state index contributed by atoms with van der Waals surface area (Å²) in [5.74, 6) is 0.885. The summed E-state index contributed by atoms with van der Waals surface area (Å²) in [6.07, 6.45) is 0. The molecule has 1 aromatic carbocycles. The van der Waals surface area contributed by atoms with E-state index < -0.39 is 0 Å². The van der Waals surface area contributed by atoms with Crippen LogP contribution in [-0.2, 0) is 6.54 Å². The first-order valence-electron chi connectivity index (χ1n) is 5.33. The molecule has 2 N–H and O–H groups in total. The fraction of sp³-hybridized carbons (Fsp3) is 0.250. The normalized spacial score (nSPS) is 10.5. The number of thiazole rings is 1. The quantitative estimate of drug-likeness (QED) is 0.941. The average molecular weight is 313 g/mol. The molecule has 1 aromatic heterocycles. The van der Waals surface area contributed by atoms with Gasteiger partial charge in [-0.25, -0.2) is 4.98 Å². The van der Waals surface area contributed by atoms with Crippen LogP contribution in [0.5, 0.6) is 5.75 Å². The Labute approximate surface area is 113 Å². The van der Waals surface area contributed by atoms with Gasteiger partial charge < -0.3 is 10.5 Å². The first kappa shape index (κ1) is 12.5. The number of benzene rings is 1. The van der Waals surface area contributed by atoms with E-state index >= 15 is 0 Å². The van der Waals surface area contributed by atoms with E-state index in [-0.39, 0.29) is 0 Å². The summed E-state index contributed by atoms with van der Waals surface area (Å²) in [4.78, 5) is 5.45. The van der Waals surface area contributed by atoms with Crippen LogP contribution in [0.25, 0.3) is 10.4 Å². The molecule has 0 amide bonds. The van der Waals surface area contributed by atoms with Gasteiger partial charge in [0.15, 0.2) is 0 Å². The fourth-order valence-electron chi connectivity index (χ4n) is 1.48. The maximum Gasteiger partial charge on any atom is 0.125 e. The molecule has 0 saturated carbocycles. The third-order valence-corrected chi connectivity index (χ3v) is 4.20. The highest BCUT2D eigenvalue weighted by Gasteiger charge is 2.09. The number of nitrogens with two attached hydrogens (primary N) is 1. The molecule has 1 heterocycles. The highest BCUT2D eigenvalue weighted by molar-refractivity contribution is 9.10. The van der Waals surface area contributed by atoms with E-state index in [1.807, 2.05) is 31.2 Å². The van der Waals surface area contributed by atoms with E-state index in [2.05, 4.69) is 20.9 Å². The van der Waals surface area contributed by atoms with Crippen LogP contribution >= 0.6 is 27.3 Å². The van der Waals surface area contributed by atoms with E-state index in [1.165, 1.54) is 0 Å². The van der Waals surface area contributed by atoms with Crippen LogP contribution in [0.4, 0.5) is 0 Å². The number of rotatable bonds is 4. The number of halogens is 1. The Morgan fingerprint density at radius 3 is 2.59 bits per heavy atom. The molecule has 90 valence electrons. The lowest BCUT2D eigenvalue weighted by Crippen LogP contribution is -1.93. The topological polar surface area (TPSA) is 48.1 Å². The van der Waals surface area contributed by atoms with Gasteiger partial charge in [0.2, 0.25) is 0 Å². The van der Waals surface area contributed by atoms with Crippen molar-refractivity contribution in [2.45, 2.75) is 13.5 Å². The van der Waals surface area contributed by atoms with Crippen molar-refractivity contribution in [2.75, 3.05) is 6.61 Å². The third-order valence-electron chi connectivity index (χ3n) is 2.23. The molecule has 0 aliphatic heterocycles. The molecule has 0 aliphatic rings. The zero-order valence-electron chi connectivity index (χ0n) is 9.44. The second-order valence-electron chi connectivity index (χ2n) is 3.39. The van der Waals surface area contributed by atoms with Crippen molar-refractivity contribution in [3.05, 3.63) is 33.9 Å². The van der Waals surface area contributed by atoms with Crippen LogP contribution in [0.3, 0.4) is 0 Å². The molecule has 3 nitrogen and oxygen atoms in total. The van der Waals surface area contributed by atoms with Crippen molar-refractivity contribution in [3.8, 4) is 16.2 Å². The highest BCUT2D eigenvalue weighted by atomic mass is 79.9. The van der Waals surface area contributed by atoms with Crippen LogP contribution in [0.2, 0.25) is 0 Å². The van der Waals surface area contributed by atoms with Crippen LogP contribution in [0.15, 0.2) is 28.9 Å². The molecule has 17 heavy (non-hydrogen) atoms. The summed E-state index contributed by atoms with van der Waals surface area (Å²) in [5.41, 5.74) is 6.70. The van der Waals surface area contributed by atoms with Gasteiger partial charge in [-0.05, 0) is 52.7 Å². The number of hydrogen-bond acceptors (Lipinski definition) is 4. The minimum absolute atomic E-state index is 0.473. The van der Waals surface area contributed by atoms with Gasteiger partial charge in [-0.3, -0.25) is 0 Å². The predicted octanol–water partition coefficient (Wildman–Crippen LogP) is 3.43. The van der Waals surface area contributed by atoms with Crippen molar-refractivity contribution in [1.82, 2.24) is 4.98 Å². The average Bonchev–Trinajstić information content (AvgIpc) is 2.72. The van der Waals surface area contributed by atoms with Crippen molar-refractivity contribution in [2.24, 2.45) is 5.73 Å². The second kappa shape index (κ2) is 5.62. The van der Waals surface area contributed by atoms with Crippen LogP contribution < -0.4 is 10.5 Å². The van der Waals surface area contributed by atoms with Crippen LogP contribution in [0, 0.1) is 0 Å². The summed E-state index contributed by atoms with van der Waals surface area (Å²) in [7, 11) is 0. The molecular formula is C12H13BrN2OS. The fourth-order valence-corrected chi connectivity index (χ4v) is 3.12.